The van der Waals surface area contributed by atoms with Gasteiger partial charge < -0.3 is 9.84 Å². The number of carboxylic acid groups (broad SMARTS) is 1. The first kappa shape index (κ1) is 19.3. The Bertz CT molecular complexity index is 421. The van der Waals surface area contributed by atoms with E-state index in [1.807, 2.05) is 4.74 Å². The molecule has 5 nitrogen and oxygen atoms in total. The van der Waals surface area contributed by atoms with Crippen molar-refractivity contribution in [3.05, 3.63) is 0 Å². The largest absolute Gasteiger partial charge is 0.477 e. The fourth-order valence-electron chi connectivity index (χ4n) is 0.754. The fraction of sp³-hybridized carbons (Fsp3) is 0.750. The van der Waals surface area contributed by atoms with Gasteiger partial charge in [0.15, 0.2) is 0 Å². The second kappa shape index (κ2) is 5.61. The van der Waals surface area contributed by atoms with Crippen LogP contribution >= 0.6 is 0 Å². The molecule has 0 saturated heterocycles. The molecule has 0 heterocycles. The van der Waals surface area contributed by atoms with Crippen LogP contribution in [-0.4, -0.2) is 47.7 Å². The normalized spacial score (nSPS) is 14.0. The molecule has 0 aliphatic carbocycles. The lowest BCUT2D eigenvalue weighted by Gasteiger charge is -2.30. The number of carbonyl (C=O) groups is 2. The topological polar surface area (TPSA) is 72.8 Å². The van der Waals surface area contributed by atoms with Gasteiger partial charge in [0.2, 0.25) is 0 Å². The van der Waals surface area contributed by atoms with E-state index in [9.17, 15) is 44.7 Å². The van der Waals surface area contributed by atoms with Crippen LogP contribution in [0.3, 0.4) is 0 Å². The molecule has 124 valence electrons. The van der Waals surface area contributed by atoms with Crippen molar-refractivity contribution < 1.29 is 59.3 Å². The van der Waals surface area contributed by atoms with Gasteiger partial charge in [-0.15, -0.1) is 0 Å². The molecule has 0 rings (SSSR count). The van der Waals surface area contributed by atoms with Crippen LogP contribution in [0.1, 0.15) is 6.92 Å². The zero-order valence-corrected chi connectivity index (χ0v) is 9.81. The monoisotopic (exact) mass is 334 g/mol. The Morgan fingerprint density at radius 1 is 0.905 bits per heavy atom. The van der Waals surface area contributed by atoms with Gasteiger partial charge in [0.05, 0.1) is 6.61 Å². The summed E-state index contributed by atoms with van der Waals surface area (Å²) < 4.78 is 107. The lowest BCUT2D eigenvalue weighted by Crippen LogP contribution is -2.58. The van der Waals surface area contributed by atoms with E-state index in [1.165, 1.54) is 0 Å². The zero-order valence-electron chi connectivity index (χ0n) is 9.81. The Morgan fingerprint density at radius 2 is 1.29 bits per heavy atom. The lowest BCUT2D eigenvalue weighted by atomic mass is 10.3. The van der Waals surface area contributed by atoms with Crippen molar-refractivity contribution in [2.24, 2.45) is 0 Å². The van der Waals surface area contributed by atoms with Crippen LogP contribution in [0.4, 0.5) is 35.1 Å². The second-order valence-corrected chi connectivity index (χ2v) is 3.31. The molecule has 0 bridgehead atoms. The quantitative estimate of drug-likeness (QED) is 0.570. The molecule has 0 aromatic rings. The number of carbonyl (C=O) groups excluding carboxylic acids is 1. The predicted octanol–water partition coefficient (Wildman–Crippen LogP) is 2.11. The summed E-state index contributed by atoms with van der Waals surface area (Å²) in [6, 6.07) is 0. The molecule has 1 N–H and O–H groups in total. The molecule has 21 heavy (non-hydrogen) atoms. The van der Waals surface area contributed by atoms with E-state index in [-0.39, 0.29) is 0 Å². The molecular weight excluding hydrogens is 328 g/mol. The number of carboxylic acids is 1. The molecule has 0 fully saturated rings. The van der Waals surface area contributed by atoms with E-state index in [2.05, 4.69) is 4.74 Å². The van der Waals surface area contributed by atoms with Crippen LogP contribution in [-0.2, 0) is 19.1 Å². The van der Waals surface area contributed by atoms with Gasteiger partial charge in [-0.1, -0.05) is 0 Å². The molecule has 0 aliphatic rings. The Labute approximate surface area is 110 Å². The minimum Gasteiger partial charge on any atom is -0.477 e. The number of ether oxygens (including phenoxy) is 2. The maximum absolute atomic E-state index is 12.8. The molecule has 0 aliphatic heterocycles. The van der Waals surface area contributed by atoms with Crippen molar-refractivity contribution in [2.45, 2.75) is 31.0 Å². The summed E-state index contributed by atoms with van der Waals surface area (Å²) in [5.41, 5.74) is 0. The highest BCUT2D eigenvalue weighted by Crippen LogP contribution is 2.45. The molecule has 0 radical (unpaired) electrons. The fourth-order valence-corrected chi connectivity index (χ4v) is 0.754. The van der Waals surface area contributed by atoms with Crippen molar-refractivity contribution >= 4 is 11.9 Å². The molecule has 0 aromatic carbocycles. The summed E-state index contributed by atoms with van der Waals surface area (Å²) in [4.78, 5) is 20.3. The van der Waals surface area contributed by atoms with Crippen molar-refractivity contribution in [3.8, 4) is 0 Å². The molecule has 0 atom stereocenters. The zero-order chi connectivity index (χ0) is 17.3. The number of rotatable bonds is 7. The third-order valence-corrected chi connectivity index (χ3v) is 1.79. The van der Waals surface area contributed by atoms with Gasteiger partial charge in [0.1, 0.15) is 0 Å². The number of aliphatic carboxylic acids is 1. The highest BCUT2D eigenvalue weighted by molar-refractivity contribution is 5.78. The first-order valence-electron chi connectivity index (χ1n) is 4.75. The van der Waals surface area contributed by atoms with E-state index in [0.29, 0.717) is 0 Å². The average Bonchev–Trinajstić information content (AvgIpc) is 2.26. The van der Waals surface area contributed by atoms with Crippen molar-refractivity contribution in [2.75, 3.05) is 6.61 Å². The third-order valence-electron chi connectivity index (χ3n) is 1.79. The minimum atomic E-state index is -6.53. The van der Waals surface area contributed by atoms with Gasteiger partial charge in [-0.2, -0.15) is 35.1 Å². The average molecular weight is 334 g/mol. The van der Waals surface area contributed by atoms with Gasteiger partial charge in [-0.25, -0.2) is 14.3 Å². The summed E-state index contributed by atoms with van der Waals surface area (Å²) in [6.07, 6.45) is -13.0. The van der Waals surface area contributed by atoms with E-state index < -0.39 is 42.6 Å². The minimum absolute atomic E-state index is 0.855. The maximum atomic E-state index is 12.8. The first-order valence-corrected chi connectivity index (χ1v) is 4.75. The van der Waals surface area contributed by atoms with Crippen LogP contribution in [0.15, 0.2) is 0 Å². The van der Waals surface area contributed by atoms with Gasteiger partial charge in [-0.05, 0) is 6.92 Å². The number of hydrogen-bond acceptors (Lipinski definition) is 4. The van der Waals surface area contributed by atoms with Crippen molar-refractivity contribution in [3.63, 3.8) is 0 Å². The van der Waals surface area contributed by atoms with Crippen LogP contribution in [0.25, 0.3) is 0 Å². The SMILES string of the molecule is CCOC(=O)C(F)(F)C(F)(F)OC(F)(F)C(F)(F)C(=O)O. The van der Waals surface area contributed by atoms with Crippen LogP contribution in [0.5, 0.6) is 0 Å². The Morgan fingerprint density at radius 3 is 1.62 bits per heavy atom. The maximum Gasteiger partial charge on any atom is 0.435 e. The van der Waals surface area contributed by atoms with Crippen LogP contribution in [0.2, 0.25) is 0 Å². The van der Waals surface area contributed by atoms with Crippen molar-refractivity contribution in [1.29, 1.82) is 0 Å². The molecule has 0 aromatic heterocycles. The molecule has 0 saturated carbocycles. The van der Waals surface area contributed by atoms with E-state index in [1.54, 1.807) is 0 Å². The number of halogens is 8. The summed E-state index contributed by atoms with van der Waals surface area (Å²) in [7, 11) is 0. The van der Waals surface area contributed by atoms with Crippen LogP contribution < -0.4 is 0 Å². The molecule has 0 spiro atoms. The summed E-state index contributed by atoms with van der Waals surface area (Å²) in [6.45, 7) is 0.0480. The smallest absolute Gasteiger partial charge is 0.435 e. The number of esters is 1. The molecular formula is C8H6F8O5. The number of alkyl halides is 8. The number of hydrogen-bond donors (Lipinski definition) is 1. The van der Waals surface area contributed by atoms with E-state index >= 15 is 0 Å². The highest BCUT2D eigenvalue weighted by atomic mass is 19.3. The third kappa shape index (κ3) is 3.51. The standard InChI is InChI=1S/C8H6F8O5/c1-2-20-4(19)6(11,12)8(15,16)21-7(13,14)5(9,10)3(17)18/h2H2,1H3,(H,17,18). The Kier molecular flexibility index (Phi) is 5.17. The summed E-state index contributed by atoms with van der Waals surface area (Å²) in [5, 5.41) is 7.74. The predicted molar refractivity (Wildman–Crippen MR) is 45.1 cm³/mol. The molecule has 0 unspecified atom stereocenters. The van der Waals surface area contributed by atoms with Gasteiger partial charge in [-0.3, -0.25) is 0 Å². The first-order chi connectivity index (χ1) is 9.13. The Hall–Kier alpha value is -1.66. The summed E-state index contributed by atoms with van der Waals surface area (Å²) >= 11 is 0. The van der Waals surface area contributed by atoms with Crippen molar-refractivity contribution in [1.82, 2.24) is 0 Å². The lowest BCUT2D eigenvalue weighted by molar-refractivity contribution is -0.455. The summed E-state index contributed by atoms with van der Waals surface area (Å²) in [5.74, 6) is -18.9. The van der Waals surface area contributed by atoms with E-state index in [0.717, 1.165) is 6.92 Å². The van der Waals surface area contributed by atoms with Gasteiger partial charge >= 0.3 is 36.0 Å². The second-order valence-electron chi connectivity index (χ2n) is 3.31. The van der Waals surface area contributed by atoms with Crippen LogP contribution in [0, 0.1) is 0 Å². The molecule has 0 amide bonds. The Balaban J connectivity index is 5.46. The van der Waals surface area contributed by atoms with Gasteiger partial charge in [0.25, 0.3) is 0 Å². The van der Waals surface area contributed by atoms with Gasteiger partial charge in [0, 0.05) is 0 Å². The highest BCUT2D eigenvalue weighted by Gasteiger charge is 2.74. The van der Waals surface area contributed by atoms with E-state index in [4.69, 9.17) is 5.11 Å². The molecule has 13 heteroatoms.